The number of aromatic nitrogens is 1. The number of halogens is 1. The van der Waals surface area contributed by atoms with Crippen LogP contribution >= 0.6 is 11.6 Å². The number of unbranched alkanes of at least 4 members (excludes halogenated alkanes) is 6. The molecule has 3 heteroatoms. The minimum atomic E-state index is 0.367. The van der Waals surface area contributed by atoms with Gasteiger partial charge in [-0.05, 0) is 24.6 Å². The number of hydrogen-bond donors (Lipinski definition) is 1. The molecule has 0 fully saturated rings. The van der Waals surface area contributed by atoms with Gasteiger partial charge in [0, 0.05) is 18.4 Å². The lowest BCUT2D eigenvalue weighted by molar-refractivity contribution is 0.475. The van der Waals surface area contributed by atoms with Crippen LogP contribution in [0.2, 0.25) is 5.02 Å². The van der Waals surface area contributed by atoms with E-state index in [2.05, 4.69) is 24.1 Å². The van der Waals surface area contributed by atoms with Crippen LogP contribution in [-0.2, 0) is 0 Å². The van der Waals surface area contributed by atoms with E-state index in [0.29, 0.717) is 6.04 Å². The predicted octanol–water partition coefficient (Wildman–Crippen LogP) is 5.53. The van der Waals surface area contributed by atoms with E-state index in [-0.39, 0.29) is 0 Å². The van der Waals surface area contributed by atoms with Gasteiger partial charge in [0.1, 0.15) is 0 Å². The van der Waals surface area contributed by atoms with Gasteiger partial charge in [0.25, 0.3) is 0 Å². The molecule has 0 aliphatic heterocycles. The Labute approximate surface area is 129 Å². The summed E-state index contributed by atoms with van der Waals surface area (Å²) < 4.78 is 0. The van der Waals surface area contributed by atoms with Gasteiger partial charge in [-0.1, -0.05) is 70.4 Å². The average molecular weight is 297 g/mol. The zero-order chi connectivity index (χ0) is 14.6. The number of rotatable bonds is 11. The molecule has 1 N–H and O–H groups in total. The molecule has 1 rings (SSSR count). The highest BCUT2D eigenvalue weighted by Gasteiger charge is 2.12. The highest BCUT2D eigenvalue weighted by molar-refractivity contribution is 6.31. The molecule has 1 heterocycles. The smallest absolute Gasteiger partial charge is 0.0637 e. The first-order valence-electron chi connectivity index (χ1n) is 8.12. The summed E-state index contributed by atoms with van der Waals surface area (Å²) in [5, 5.41) is 4.32. The highest BCUT2D eigenvalue weighted by Crippen LogP contribution is 2.26. The number of hydrogen-bond acceptors (Lipinski definition) is 2. The van der Waals surface area contributed by atoms with E-state index in [4.69, 9.17) is 11.6 Å². The Morgan fingerprint density at radius 3 is 2.45 bits per heavy atom. The molecule has 114 valence electrons. The van der Waals surface area contributed by atoms with E-state index >= 15 is 0 Å². The third kappa shape index (κ3) is 6.71. The predicted molar refractivity (Wildman–Crippen MR) is 88.3 cm³/mol. The van der Waals surface area contributed by atoms with E-state index in [9.17, 15) is 0 Å². The molecule has 0 radical (unpaired) electrons. The van der Waals surface area contributed by atoms with Crippen molar-refractivity contribution in [2.24, 2.45) is 0 Å². The van der Waals surface area contributed by atoms with Gasteiger partial charge in [-0.15, -0.1) is 0 Å². The zero-order valence-corrected chi connectivity index (χ0v) is 13.8. The first-order valence-corrected chi connectivity index (χ1v) is 8.50. The Bertz CT molecular complexity index is 355. The highest BCUT2D eigenvalue weighted by atomic mass is 35.5. The minimum absolute atomic E-state index is 0.367. The first-order chi connectivity index (χ1) is 9.79. The molecular formula is C17H29ClN2. The summed E-state index contributed by atoms with van der Waals surface area (Å²) in [6, 6.07) is 2.41. The monoisotopic (exact) mass is 296 g/mol. The van der Waals surface area contributed by atoms with E-state index in [1.165, 1.54) is 50.5 Å². The molecule has 0 spiro atoms. The van der Waals surface area contributed by atoms with Crippen LogP contribution in [0.3, 0.4) is 0 Å². The van der Waals surface area contributed by atoms with Crippen molar-refractivity contribution in [2.75, 3.05) is 6.54 Å². The molecule has 0 saturated carbocycles. The summed E-state index contributed by atoms with van der Waals surface area (Å²) >= 11 is 6.25. The van der Waals surface area contributed by atoms with Crippen molar-refractivity contribution < 1.29 is 0 Å². The van der Waals surface area contributed by atoms with E-state index in [0.717, 1.165) is 18.0 Å². The number of nitrogens with one attached hydrogen (secondary N) is 1. The zero-order valence-electron chi connectivity index (χ0n) is 13.0. The van der Waals surface area contributed by atoms with Gasteiger partial charge in [0.05, 0.1) is 5.02 Å². The molecule has 2 nitrogen and oxygen atoms in total. The number of pyridine rings is 1. The largest absolute Gasteiger partial charge is 0.310 e. The molecule has 1 atom stereocenters. The third-order valence-electron chi connectivity index (χ3n) is 3.73. The normalized spacial score (nSPS) is 12.6. The van der Waals surface area contributed by atoms with Gasteiger partial charge in [-0.25, -0.2) is 0 Å². The molecule has 0 aliphatic rings. The molecule has 0 saturated heterocycles. The van der Waals surface area contributed by atoms with Gasteiger partial charge >= 0.3 is 0 Å². The van der Waals surface area contributed by atoms with Crippen LogP contribution in [0.1, 0.15) is 76.8 Å². The molecule has 0 aliphatic carbocycles. The fraction of sp³-hybridized carbons (Fsp3) is 0.706. The van der Waals surface area contributed by atoms with Crippen LogP contribution in [-0.4, -0.2) is 11.5 Å². The van der Waals surface area contributed by atoms with E-state index < -0.39 is 0 Å². The van der Waals surface area contributed by atoms with E-state index in [1.54, 1.807) is 6.20 Å². The molecule has 1 unspecified atom stereocenters. The van der Waals surface area contributed by atoms with Crippen molar-refractivity contribution in [1.82, 2.24) is 10.3 Å². The van der Waals surface area contributed by atoms with Crippen LogP contribution in [0.5, 0.6) is 0 Å². The Morgan fingerprint density at radius 1 is 1.10 bits per heavy atom. The summed E-state index contributed by atoms with van der Waals surface area (Å²) in [6.45, 7) is 5.38. The molecule has 0 bridgehead atoms. The minimum Gasteiger partial charge on any atom is -0.310 e. The molecule has 0 amide bonds. The van der Waals surface area contributed by atoms with Gasteiger partial charge < -0.3 is 5.32 Å². The summed E-state index contributed by atoms with van der Waals surface area (Å²) in [5.74, 6) is 0. The Kier molecular flexibility index (Phi) is 9.69. The van der Waals surface area contributed by atoms with E-state index in [1.807, 2.05) is 12.3 Å². The average Bonchev–Trinajstić information content (AvgIpc) is 2.46. The lowest BCUT2D eigenvalue weighted by atomic mass is 10.00. The van der Waals surface area contributed by atoms with Crippen LogP contribution < -0.4 is 5.32 Å². The van der Waals surface area contributed by atoms with Crippen molar-refractivity contribution in [3.63, 3.8) is 0 Å². The second-order valence-corrected chi connectivity index (χ2v) is 5.82. The SMILES string of the molecule is CCCCCCCCCC(NCC)c1ccncc1Cl. The maximum atomic E-state index is 6.25. The summed E-state index contributed by atoms with van der Waals surface area (Å²) in [6.07, 6.45) is 14.2. The maximum Gasteiger partial charge on any atom is 0.0637 e. The lowest BCUT2D eigenvalue weighted by Gasteiger charge is -2.19. The van der Waals surface area contributed by atoms with Crippen LogP contribution in [0.15, 0.2) is 18.5 Å². The first kappa shape index (κ1) is 17.5. The lowest BCUT2D eigenvalue weighted by Crippen LogP contribution is -2.21. The summed E-state index contributed by atoms with van der Waals surface area (Å²) in [4.78, 5) is 4.07. The fourth-order valence-corrected chi connectivity index (χ4v) is 2.84. The second-order valence-electron chi connectivity index (χ2n) is 5.42. The summed E-state index contributed by atoms with van der Waals surface area (Å²) in [7, 11) is 0. The van der Waals surface area contributed by atoms with Gasteiger partial charge in [0.15, 0.2) is 0 Å². The van der Waals surface area contributed by atoms with Crippen molar-refractivity contribution in [3.05, 3.63) is 29.0 Å². The number of nitrogens with zero attached hydrogens (tertiary/aromatic N) is 1. The van der Waals surface area contributed by atoms with Crippen molar-refractivity contribution in [3.8, 4) is 0 Å². The van der Waals surface area contributed by atoms with Crippen molar-refractivity contribution >= 4 is 11.6 Å². The van der Waals surface area contributed by atoms with Gasteiger partial charge in [0.2, 0.25) is 0 Å². The summed E-state index contributed by atoms with van der Waals surface area (Å²) in [5.41, 5.74) is 1.19. The molecule has 1 aromatic rings. The van der Waals surface area contributed by atoms with Crippen molar-refractivity contribution in [2.45, 2.75) is 71.3 Å². The molecule has 1 aromatic heterocycles. The molecule has 0 aromatic carbocycles. The Hall–Kier alpha value is -0.600. The molecule has 20 heavy (non-hydrogen) atoms. The van der Waals surface area contributed by atoms with Gasteiger partial charge in [-0.3, -0.25) is 4.98 Å². The third-order valence-corrected chi connectivity index (χ3v) is 4.04. The topological polar surface area (TPSA) is 24.9 Å². The van der Waals surface area contributed by atoms with Crippen LogP contribution in [0.4, 0.5) is 0 Å². The maximum absolute atomic E-state index is 6.25. The van der Waals surface area contributed by atoms with Crippen molar-refractivity contribution in [1.29, 1.82) is 0 Å². The molecular weight excluding hydrogens is 268 g/mol. The standard InChI is InChI=1S/C17H29ClN2/c1-3-5-6-7-8-9-10-11-17(20-4-2)15-12-13-19-14-16(15)18/h12-14,17,20H,3-11H2,1-2H3. The Balaban J connectivity index is 2.31. The second kappa shape index (κ2) is 11.1. The fourth-order valence-electron chi connectivity index (χ4n) is 2.59. The quantitative estimate of drug-likeness (QED) is 0.543. The Morgan fingerprint density at radius 2 is 1.80 bits per heavy atom. The van der Waals surface area contributed by atoms with Gasteiger partial charge in [-0.2, -0.15) is 0 Å². The van der Waals surface area contributed by atoms with Crippen LogP contribution in [0, 0.1) is 0 Å². The van der Waals surface area contributed by atoms with Crippen LogP contribution in [0.25, 0.3) is 0 Å².